The van der Waals surface area contributed by atoms with Crippen LogP contribution in [0.3, 0.4) is 0 Å². The highest BCUT2D eigenvalue weighted by atomic mass is 32.2. The molecule has 17 heteroatoms. The quantitative estimate of drug-likeness (QED) is 0.0258. The molecule has 0 fully saturated rings. The highest BCUT2D eigenvalue weighted by Gasteiger charge is 2.06. The van der Waals surface area contributed by atoms with Crippen molar-refractivity contribution in [3.8, 4) is 0 Å². The molecule has 0 aliphatic carbocycles. The summed E-state index contributed by atoms with van der Waals surface area (Å²) in [6.45, 7) is 1.30. The standard InChI is InChI=1S/C24H44O10S7/c25-18-38-14-16-40-20-31-23(28)3-9-35-8-1-5-33-34-7-13-37-12-6-30-22(27)2-10-36-11-4-24(29)32-21-41-17-15-39-19-26/h25-26H,1-21H2. The Morgan fingerprint density at radius 1 is 0.439 bits per heavy atom. The summed E-state index contributed by atoms with van der Waals surface area (Å²) in [5.41, 5.74) is 0. The summed E-state index contributed by atoms with van der Waals surface area (Å²) < 4.78 is 15.5. The maximum Gasteiger partial charge on any atom is 0.307 e. The van der Waals surface area contributed by atoms with Gasteiger partial charge in [-0.1, -0.05) is 0 Å². The first-order valence-electron chi connectivity index (χ1n) is 13.1. The fraction of sp³-hybridized carbons (Fsp3) is 0.875. The normalized spacial score (nSPS) is 11.0. The van der Waals surface area contributed by atoms with Gasteiger partial charge in [0.2, 0.25) is 0 Å². The first-order valence-corrected chi connectivity index (χ1v) is 21.2. The third-order valence-electron chi connectivity index (χ3n) is 4.29. The lowest BCUT2D eigenvalue weighted by Gasteiger charge is -2.06. The van der Waals surface area contributed by atoms with Crippen molar-refractivity contribution in [1.29, 1.82) is 0 Å². The van der Waals surface area contributed by atoms with Crippen LogP contribution in [0.2, 0.25) is 0 Å². The van der Waals surface area contributed by atoms with Crippen molar-refractivity contribution in [3.63, 3.8) is 0 Å². The number of hydrogen-bond acceptors (Lipinski definition) is 17. The molecule has 0 saturated carbocycles. The average Bonchev–Trinajstić information content (AvgIpc) is 2.96. The van der Waals surface area contributed by atoms with Crippen LogP contribution in [0, 0.1) is 0 Å². The zero-order valence-corrected chi connectivity index (χ0v) is 29.1. The van der Waals surface area contributed by atoms with E-state index in [1.54, 1.807) is 35.3 Å². The Hall–Kier alpha value is 0.700. The van der Waals surface area contributed by atoms with Crippen LogP contribution < -0.4 is 0 Å². The van der Waals surface area contributed by atoms with E-state index in [2.05, 4.69) is 0 Å². The van der Waals surface area contributed by atoms with Gasteiger partial charge in [0.1, 0.15) is 18.5 Å². The SMILES string of the molecule is O=C(CCSCCC(=O)OCSCCSCO)OCCSCCOOCCCSCCC(=O)OCSCCSCO. The van der Waals surface area contributed by atoms with Crippen molar-refractivity contribution >= 4 is 100 Å². The Morgan fingerprint density at radius 3 is 1.44 bits per heavy atom. The Bertz CT molecular complexity index is 623. The number of thioether (sulfide) groups is 7. The molecule has 0 rings (SSSR count). The maximum absolute atomic E-state index is 11.8. The first-order chi connectivity index (χ1) is 20.1. The minimum atomic E-state index is -0.240. The molecule has 0 bridgehead atoms. The van der Waals surface area contributed by atoms with Gasteiger partial charge in [0, 0.05) is 51.8 Å². The van der Waals surface area contributed by atoms with Crippen LogP contribution in [-0.4, -0.2) is 129 Å². The molecule has 0 aromatic heterocycles. The molecule has 0 amide bonds. The molecule has 0 aromatic rings. The maximum atomic E-state index is 11.8. The van der Waals surface area contributed by atoms with E-state index < -0.39 is 0 Å². The minimum Gasteiger partial charge on any atom is -0.465 e. The average molecular weight is 717 g/mol. The van der Waals surface area contributed by atoms with Gasteiger partial charge in [0.05, 0.1) is 44.4 Å². The van der Waals surface area contributed by atoms with E-state index in [9.17, 15) is 14.4 Å². The van der Waals surface area contributed by atoms with Crippen LogP contribution in [0.25, 0.3) is 0 Å². The third kappa shape index (κ3) is 35.1. The number of aliphatic hydroxyl groups excluding tert-OH is 2. The van der Waals surface area contributed by atoms with Gasteiger partial charge in [-0.3, -0.25) is 14.4 Å². The summed E-state index contributed by atoms with van der Waals surface area (Å²) in [5, 5.41) is 17.3. The van der Waals surface area contributed by atoms with Crippen LogP contribution in [0.15, 0.2) is 0 Å². The smallest absolute Gasteiger partial charge is 0.307 e. The number of rotatable bonds is 32. The zero-order valence-electron chi connectivity index (χ0n) is 23.4. The summed E-state index contributed by atoms with van der Waals surface area (Å²) in [4.78, 5) is 45.3. The number of carbonyl (C=O) groups excluding carboxylic acids is 3. The fourth-order valence-electron chi connectivity index (χ4n) is 2.33. The summed E-state index contributed by atoms with van der Waals surface area (Å²) in [7, 11) is 0. The topological polar surface area (TPSA) is 138 Å². The number of esters is 3. The van der Waals surface area contributed by atoms with Gasteiger partial charge in [0.15, 0.2) is 0 Å². The molecule has 0 unspecified atom stereocenters. The monoisotopic (exact) mass is 716 g/mol. The van der Waals surface area contributed by atoms with Crippen molar-refractivity contribution < 1.29 is 48.6 Å². The van der Waals surface area contributed by atoms with Crippen molar-refractivity contribution in [3.05, 3.63) is 0 Å². The minimum absolute atomic E-state index is 0.107. The van der Waals surface area contributed by atoms with E-state index in [-0.39, 0.29) is 29.8 Å². The van der Waals surface area contributed by atoms with E-state index in [0.717, 1.165) is 40.9 Å². The van der Waals surface area contributed by atoms with Gasteiger partial charge in [-0.15, -0.1) is 47.0 Å². The second kappa shape index (κ2) is 35.2. The van der Waals surface area contributed by atoms with Crippen LogP contribution in [-0.2, 0) is 38.4 Å². The van der Waals surface area contributed by atoms with E-state index >= 15 is 0 Å². The van der Waals surface area contributed by atoms with Gasteiger partial charge < -0.3 is 24.4 Å². The van der Waals surface area contributed by atoms with Gasteiger partial charge in [0.25, 0.3) is 0 Å². The summed E-state index contributed by atoms with van der Waals surface area (Å²) >= 11 is 10.8. The molecule has 0 aromatic carbocycles. The Balaban J connectivity index is 3.28. The van der Waals surface area contributed by atoms with Crippen molar-refractivity contribution in [1.82, 2.24) is 0 Å². The zero-order chi connectivity index (χ0) is 30.1. The molecule has 0 radical (unpaired) electrons. The number of ether oxygens (including phenoxy) is 3. The molecular formula is C24H44O10S7. The first kappa shape index (κ1) is 41.7. The van der Waals surface area contributed by atoms with Crippen LogP contribution in [0.4, 0.5) is 0 Å². The van der Waals surface area contributed by atoms with Crippen LogP contribution in [0.1, 0.15) is 25.7 Å². The van der Waals surface area contributed by atoms with E-state index in [1.165, 1.54) is 47.0 Å². The van der Waals surface area contributed by atoms with Gasteiger partial charge >= 0.3 is 17.9 Å². The van der Waals surface area contributed by atoms with E-state index in [1.807, 2.05) is 0 Å². The molecule has 2 N–H and O–H groups in total. The second-order valence-corrected chi connectivity index (χ2v) is 15.4. The number of carbonyl (C=O) groups is 3. The van der Waals surface area contributed by atoms with E-state index in [0.29, 0.717) is 74.0 Å². The predicted octanol–water partition coefficient (Wildman–Crippen LogP) is 4.07. The summed E-state index contributed by atoms with van der Waals surface area (Å²) in [6, 6.07) is 0. The van der Waals surface area contributed by atoms with Crippen molar-refractivity contribution in [2.24, 2.45) is 0 Å². The molecular weight excluding hydrogens is 673 g/mol. The van der Waals surface area contributed by atoms with Crippen molar-refractivity contribution in [2.45, 2.75) is 25.7 Å². The summed E-state index contributed by atoms with van der Waals surface area (Å²) in [6.07, 6.45) is 1.85. The number of aliphatic hydroxyl groups is 2. The predicted molar refractivity (Wildman–Crippen MR) is 179 cm³/mol. The molecule has 0 spiro atoms. The molecule has 0 aliphatic rings. The lowest BCUT2D eigenvalue weighted by molar-refractivity contribution is -0.289. The molecule has 10 nitrogen and oxygen atoms in total. The summed E-state index contributed by atoms with van der Waals surface area (Å²) in [5.74, 6) is 7.82. The molecule has 0 aliphatic heterocycles. The molecule has 0 saturated heterocycles. The lowest BCUT2D eigenvalue weighted by Crippen LogP contribution is -2.10. The molecule has 242 valence electrons. The van der Waals surface area contributed by atoms with E-state index in [4.69, 9.17) is 34.2 Å². The number of hydrogen-bond donors (Lipinski definition) is 2. The highest BCUT2D eigenvalue weighted by Crippen LogP contribution is 2.11. The van der Waals surface area contributed by atoms with Gasteiger partial charge in [-0.05, 0) is 12.2 Å². The van der Waals surface area contributed by atoms with Gasteiger partial charge in [-0.2, -0.15) is 35.3 Å². The largest absolute Gasteiger partial charge is 0.465 e. The molecule has 0 atom stereocenters. The Labute approximate surface area is 274 Å². The second-order valence-electron chi connectivity index (χ2n) is 7.46. The van der Waals surface area contributed by atoms with Crippen LogP contribution in [0.5, 0.6) is 0 Å². The molecule has 41 heavy (non-hydrogen) atoms. The van der Waals surface area contributed by atoms with Crippen LogP contribution >= 0.6 is 82.3 Å². The lowest BCUT2D eigenvalue weighted by atomic mass is 10.5. The fourth-order valence-corrected chi connectivity index (χ4v) is 7.40. The third-order valence-corrected chi connectivity index (χ3v) is 10.7. The molecule has 0 heterocycles. The van der Waals surface area contributed by atoms with Crippen molar-refractivity contribution in [2.75, 3.05) is 101 Å². The Kier molecular flexibility index (Phi) is 35.8. The highest BCUT2D eigenvalue weighted by molar-refractivity contribution is 8.03. The Morgan fingerprint density at radius 2 is 0.878 bits per heavy atom. The van der Waals surface area contributed by atoms with Gasteiger partial charge in [-0.25, -0.2) is 9.78 Å².